The summed E-state index contributed by atoms with van der Waals surface area (Å²) in [5.74, 6) is -0.123. The van der Waals surface area contributed by atoms with Crippen molar-refractivity contribution in [3.8, 4) is 0 Å². The second-order valence-corrected chi connectivity index (χ2v) is 5.98. The van der Waals surface area contributed by atoms with Gasteiger partial charge in [-0.3, -0.25) is 13.9 Å². The van der Waals surface area contributed by atoms with E-state index in [1.54, 1.807) is 28.3 Å². The summed E-state index contributed by atoms with van der Waals surface area (Å²) >= 11 is 0. The fourth-order valence-corrected chi connectivity index (χ4v) is 3.10. The molecule has 0 aliphatic carbocycles. The molecule has 0 radical (unpaired) electrons. The van der Waals surface area contributed by atoms with Crippen LogP contribution in [-0.4, -0.2) is 63.7 Å². The largest absolute Gasteiger partial charge is 0.450 e. The van der Waals surface area contributed by atoms with Crippen LogP contribution in [0.4, 0.5) is 4.79 Å². The number of aryl methyl sites for hydroxylation is 1. The number of amides is 2. The fourth-order valence-electron chi connectivity index (χ4n) is 3.10. The number of nitrogens with zero attached hydrogens (tertiary/aromatic N) is 4. The summed E-state index contributed by atoms with van der Waals surface area (Å²) in [5, 5.41) is 0. The molecule has 0 N–H and O–H groups in total. The Morgan fingerprint density at radius 3 is 2.28 bits per heavy atom. The SMILES string of the molecule is CCOC(=O)N1CCN(C(=O)Cn2c(=O)n(C)c3ccccc32)CC1. The van der Waals surface area contributed by atoms with Crippen molar-refractivity contribution >= 4 is 23.0 Å². The van der Waals surface area contributed by atoms with E-state index in [0.29, 0.717) is 32.8 Å². The second-order valence-electron chi connectivity index (χ2n) is 5.98. The van der Waals surface area contributed by atoms with Crippen molar-refractivity contribution in [1.29, 1.82) is 0 Å². The topological polar surface area (TPSA) is 76.8 Å². The average Bonchev–Trinajstić information content (AvgIpc) is 2.87. The van der Waals surface area contributed by atoms with Gasteiger partial charge in [0.1, 0.15) is 6.54 Å². The molecule has 1 fully saturated rings. The highest BCUT2D eigenvalue weighted by atomic mass is 16.6. The van der Waals surface area contributed by atoms with Crippen molar-refractivity contribution < 1.29 is 14.3 Å². The van der Waals surface area contributed by atoms with Crippen molar-refractivity contribution in [2.75, 3.05) is 32.8 Å². The van der Waals surface area contributed by atoms with E-state index in [1.165, 1.54) is 4.57 Å². The van der Waals surface area contributed by atoms with Gasteiger partial charge in [0.05, 0.1) is 17.6 Å². The number of para-hydroxylation sites is 2. The van der Waals surface area contributed by atoms with Crippen LogP contribution in [-0.2, 0) is 23.1 Å². The molecule has 1 aromatic carbocycles. The van der Waals surface area contributed by atoms with Gasteiger partial charge in [-0.15, -0.1) is 0 Å². The van der Waals surface area contributed by atoms with Crippen molar-refractivity contribution in [2.24, 2.45) is 7.05 Å². The molecular formula is C17H22N4O4. The third-order valence-corrected chi connectivity index (χ3v) is 4.50. The Kier molecular flexibility index (Phi) is 4.78. The van der Waals surface area contributed by atoms with Gasteiger partial charge in [0.25, 0.3) is 0 Å². The van der Waals surface area contributed by atoms with E-state index >= 15 is 0 Å². The van der Waals surface area contributed by atoms with E-state index in [2.05, 4.69) is 0 Å². The predicted molar refractivity (Wildman–Crippen MR) is 92.4 cm³/mol. The monoisotopic (exact) mass is 346 g/mol. The van der Waals surface area contributed by atoms with Gasteiger partial charge in [-0.05, 0) is 19.1 Å². The molecular weight excluding hydrogens is 324 g/mol. The molecule has 1 saturated heterocycles. The predicted octanol–water partition coefficient (Wildman–Crippen LogP) is 0.641. The zero-order chi connectivity index (χ0) is 18.0. The van der Waals surface area contributed by atoms with Crippen LogP contribution in [0.3, 0.4) is 0 Å². The van der Waals surface area contributed by atoms with Crippen LogP contribution in [0.1, 0.15) is 6.92 Å². The van der Waals surface area contributed by atoms with E-state index in [-0.39, 0.29) is 24.2 Å². The first-order valence-electron chi connectivity index (χ1n) is 8.36. The first-order chi connectivity index (χ1) is 12.0. The normalized spacial score (nSPS) is 14.8. The Hall–Kier alpha value is -2.77. The number of carbonyl (C=O) groups is 2. The minimum Gasteiger partial charge on any atom is -0.450 e. The van der Waals surface area contributed by atoms with Gasteiger partial charge >= 0.3 is 11.8 Å². The van der Waals surface area contributed by atoms with Crippen LogP contribution in [0.2, 0.25) is 0 Å². The Bertz CT molecular complexity index is 846. The van der Waals surface area contributed by atoms with Gasteiger partial charge in [-0.25, -0.2) is 9.59 Å². The molecule has 1 aromatic heterocycles. The molecule has 8 heteroatoms. The lowest BCUT2D eigenvalue weighted by molar-refractivity contribution is -0.133. The van der Waals surface area contributed by atoms with Gasteiger partial charge in [-0.1, -0.05) is 12.1 Å². The van der Waals surface area contributed by atoms with E-state index in [0.717, 1.165) is 11.0 Å². The van der Waals surface area contributed by atoms with Crippen LogP contribution in [0, 0.1) is 0 Å². The maximum absolute atomic E-state index is 12.6. The molecule has 2 aromatic rings. The molecule has 1 aliphatic rings. The summed E-state index contributed by atoms with van der Waals surface area (Å²) in [7, 11) is 1.70. The van der Waals surface area contributed by atoms with Crippen molar-refractivity contribution in [3.05, 3.63) is 34.7 Å². The number of aromatic nitrogens is 2. The van der Waals surface area contributed by atoms with Gasteiger partial charge in [0, 0.05) is 33.2 Å². The lowest BCUT2D eigenvalue weighted by Gasteiger charge is -2.34. The lowest BCUT2D eigenvalue weighted by Crippen LogP contribution is -2.51. The van der Waals surface area contributed by atoms with E-state index in [9.17, 15) is 14.4 Å². The molecule has 8 nitrogen and oxygen atoms in total. The molecule has 0 atom stereocenters. The van der Waals surface area contributed by atoms with Gasteiger partial charge in [0.2, 0.25) is 5.91 Å². The molecule has 2 heterocycles. The zero-order valence-corrected chi connectivity index (χ0v) is 14.5. The van der Waals surface area contributed by atoms with Gasteiger partial charge in [0.15, 0.2) is 0 Å². The number of imidazole rings is 1. The maximum atomic E-state index is 12.6. The van der Waals surface area contributed by atoms with Crippen LogP contribution >= 0.6 is 0 Å². The van der Waals surface area contributed by atoms with E-state index in [4.69, 9.17) is 4.74 Å². The third kappa shape index (κ3) is 3.24. The minimum atomic E-state index is -0.347. The molecule has 0 bridgehead atoms. The molecule has 0 unspecified atom stereocenters. The number of hydrogen-bond donors (Lipinski definition) is 0. The van der Waals surface area contributed by atoms with Crippen LogP contribution in [0.15, 0.2) is 29.1 Å². The maximum Gasteiger partial charge on any atom is 0.409 e. The standard InChI is InChI=1S/C17H22N4O4/c1-3-25-17(24)20-10-8-19(9-11-20)15(22)12-21-14-7-5-4-6-13(14)18(2)16(21)23/h4-7H,3,8-12H2,1-2H3. The van der Waals surface area contributed by atoms with Crippen LogP contribution < -0.4 is 5.69 Å². The fraction of sp³-hybridized carbons (Fsp3) is 0.471. The number of ether oxygens (including phenoxy) is 1. The van der Waals surface area contributed by atoms with Gasteiger partial charge < -0.3 is 14.5 Å². The summed E-state index contributed by atoms with van der Waals surface area (Å²) in [6.45, 7) is 3.86. The van der Waals surface area contributed by atoms with E-state index in [1.807, 2.05) is 24.3 Å². The molecule has 3 rings (SSSR count). The second kappa shape index (κ2) is 7.00. The first-order valence-corrected chi connectivity index (χ1v) is 8.36. The number of hydrogen-bond acceptors (Lipinski definition) is 4. The summed E-state index contributed by atoms with van der Waals surface area (Å²) in [4.78, 5) is 40.0. The molecule has 2 amide bonds. The third-order valence-electron chi connectivity index (χ3n) is 4.50. The summed E-state index contributed by atoms with van der Waals surface area (Å²) in [6, 6.07) is 7.40. The van der Waals surface area contributed by atoms with E-state index < -0.39 is 0 Å². The number of carbonyl (C=O) groups excluding carboxylic acids is 2. The Balaban J connectivity index is 1.69. The molecule has 1 aliphatic heterocycles. The zero-order valence-electron chi connectivity index (χ0n) is 14.5. The molecule has 0 spiro atoms. The first kappa shape index (κ1) is 17.1. The Morgan fingerprint density at radius 2 is 1.64 bits per heavy atom. The van der Waals surface area contributed by atoms with Crippen LogP contribution in [0.5, 0.6) is 0 Å². The number of fused-ring (bicyclic) bond motifs is 1. The number of piperazine rings is 1. The summed E-state index contributed by atoms with van der Waals surface area (Å²) < 4.78 is 8.01. The highest BCUT2D eigenvalue weighted by Crippen LogP contribution is 2.12. The highest BCUT2D eigenvalue weighted by molar-refractivity contribution is 5.81. The van der Waals surface area contributed by atoms with Crippen molar-refractivity contribution in [1.82, 2.24) is 18.9 Å². The number of rotatable bonds is 3. The highest BCUT2D eigenvalue weighted by Gasteiger charge is 2.25. The summed E-state index contributed by atoms with van der Waals surface area (Å²) in [5.41, 5.74) is 1.33. The van der Waals surface area contributed by atoms with Crippen LogP contribution in [0.25, 0.3) is 11.0 Å². The lowest BCUT2D eigenvalue weighted by atomic mass is 10.3. The smallest absolute Gasteiger partial charge is 0.409 e. The summed E-state index contributed by atoms with van der Waals surface area (Å²) in [6.07, 6.45) is -0.347. The Morgan fingerprint density at radius 1 is 1.04 bits per heavy atom. The number of benzene rings is 1. The molecule has 25 heavy (non-hydrogen) atoms. The van der Waals surface area contributed by atoms with Crippen molar-refractivity contribution in [2.45, 2.75) is 13.5 Å². The quantitative estimate of drug-likeness (QED) is 0.817. The Labute approximate surface area is 145 Å². The average molecular weight is 346 g/mol. The molecule has 134 valence electrons. The molecule has 0 saturated carbocycles. The minimum absolute atomic E-state index is 0.000404. The van der Waals surface area contributed by atoms with Gasteiger partial charge in [-0.2, -0.15) is 0 Å². The van der Waals surface area contributed by atoms with Crippen molar-refractivity contribution in [3.63, 3.8) is 0 Å².